The van der Waals surface area contributed by atoms with E-state index in [1.54, 1.807) is 12.1 Å². The van der Waals surface area contributed by atoms with Crippen molar-refractivity contribution in [1.82, 2.24) is 9.97 Å². The number of rotatable bonds is 4. The number of aromatic nitrogens is 2. The third-order valence-corrected chi connectivity index (χ3v) is 4.87. The van der Waals surface area contributed by atoms with Crippen LogP contribution in [0, 0.1) is 11.3 Å². The molecule has 3 N–H and O–H groups in total. The number of nitrogens with zero attached hydrogens (tertiary/aromatic N) is 4. The number of hydrogen-bond acceptors (Lipinski definition) is 7. The van der Waals surface area contributed by atoms with E-state index in [-0.39, 0.29) is 4.90 Å². The van der Waals surface area contributed by atoms with Gasteiger partial charge in [0, 0.05) is 18.8 Å². The summed E-state index contributed by atoms with van der Waals surface area (Å²) in [6, 6.07) is 8.22. The predicted molar refractivity (Wildman–Crippen MR) is 93.9 cm³/mol. The molecule has 2 aromatic rings. The van der Waals surface area contributed by atoms with Crippen LogP contribution in [0.5, 0.6) is 0 Å². The van der Waals surface area contributed by atoms with Crippen molar-refractivity contribution in [2.24, 2.45) is 5.14 Å². The Kier molecular flexibility index (Phi) is 4.83. The Morgan fingerprint density at radius 2 is 2.00 bits per heavy atom. The molecule has 0 bridgehead atoms. The third kappa shape index (κ3) is 4.04. The summed E-state index contributed by atoms with van der Waals surface area (Å²) in [4.78, 5) is 10.7. The van der Waals surface area contributed by atoms with E-state index in [4.69, 9.17) is 5.14 Å². The largest absolute Gasteiger partial charge is 0.355 e. The van der Waals surface area contributed by atoms with Crippen LogP contribution in [0.25, 0.3) is 0 Å². The average Bonchev–Trinajstić information content (AvgIpc) is 2.62. The minimum atomic E-state index is -3.79. The summed E-state index contributed by atoms with van der Waals surface area (Å²) in [5.41, 5.74) is 0.923. The number of hydrogen-bond donors (Lipinski definition) is 2. The number of piperidine rings is 1. The fraction of sp³-hybridized carbons (Fsp3) is 0.312. The van der Waals surface area contributed by atoms with Crippen molar-refractivity contribution < 1.29 is 8.42 Å². The monoisotopic (exact) mass is 358 g/mol. The van der Waals surface area contributed by atoms with Gasteiger partial charge in [0.05, 0.1) is 11.1 Å². The van der Waals surface area contributed by atoms with Gasteiger partial charge in [0.15, 0.2) is 5.82 Å². The van der Waals surface area contributed by atoms with Crippen molar-refractivity contribution in [1.29, 1.82) is 5.26 Å². The molecule has 1 aromatic heterocycles. The lowest BCUT2D eigenvalue weighted by Crippen LogP contribution is -2.31. The number of benzene rings is 1. The van der Waals surface area contributed by atoms with E-state index in [0.29, 0.717) is 23.0 Å². The van der Waals surface area contributed by atoms with Crippen LogP contribution >= 0.6 is 0 Å². The van der Waals surface area contributed by atoms with Crippen molar-refractivity contribution in [3.63, 3.8) is 0 Å². The normalized spacial score (nSPS) is 14.8. The molecule has 2 heterocycles. The highest BCUT2D eigenvalue weighted by Gasteiger charge is 2.17. The van der Waals surface area contributed by atoms with Crippen molar-refractivity contribution >= 4 is 27.5 Å². The van der Waals surface area contributed by atoms with Crippen LogP contribution in [0.3, 0.4) is 0 Å². The summed E-state index contributed by atoms with van der Waals surface area (Å²) < 4.78 is 22.9. The molecular formula is C16H18N6O2S. The number of sulfonamides is 1. The first-order valence-electron chi connectivity index (χ1n) is 7.89. The number of primary sulfonamides is 1. The molecule has 9 heteroatoms. The molecular weight excluding hydrogens is 340 g/mol. The Balaban J connectivity index is 1.90. The van der Waals surface area contributed by atoms with Crippen LogP contribution in [0.2, 0.25) is 0 Å². The maximum Gasteiger partial charge on any atom is 0.238 e. The zero-order chi connectivity index (χ0) is 17.9. The molecule has 130 valence electrons. The van der Waals surface area contributed by atoms with Gasteiger partial charge in [0.25, 0.3) is 0 Å². The summed E-state index contributed by atoms with van der Waals surface area (Å²) in [6.07, 6.45) is 4.78. The van der Waals surface area contributed by atoms with Crippen LogP contribution in [0.4, 0.5) is 17.5 Å². The molecule has 0 unspecified atom stereocenters. The van der Waals surface area contributed by atoms with Gasteiger partial charge in [-0.25, -0.2) is 18.5 Å². The standard InChI is InChI=1S/C16H18N6O2S/c17-10-12-11-19-16(21-15(12)22-7-2-1-3-8-22)20-13-5-4-6-14(9-13)25(18,23)24/h4-6,9,11H,1-3,7-8H2,(H2,18,23,24)(H,19,20,21). The maximum absolute atomic E-state index is 11.5. The van der Waals surface area contributed by atoms with Gasteiger partial charge in [0.1, 0.15) is 11.6 Å². The SMILES string of the molecule is N#Cc1cnc(Nc2cccc(S(N)(=O)=O)c2)nc1N1CCCCC1. The molecule has 0 spiro atoms. The average molecular weight is 358 g/mol. The molecule has 1 fully saturated rings. The highest BCUT2D eigenvalue weighted by molar-refractivity contribution is 7.89. The predicted octanol–water partition coefficient (Wildman–Crippen LogP) is 1.73. The number of nitrogens with one attached hydrogen (secondary N) is 1. The van der Waals surface area contributed by atoms with Crippen molar-refractivity contribution in [2.45, 2.75) is 24.2 Å². The molecule has 0 radical (unpaired) electrons. The quantitative estimate of drug-likeness (QED) is 0.852. The van der Waals surface area contributed by atoms with E-state index < -0.39 is 10.0 Å². The van der Waals surface area contributed by atoms with Crippen LogP contribution in [0.1, 0.15) is 24.8 Å². The molecule has 0 amide bonds. The first-order chi connectivity index (χ1) is 12.0. The molecule has 0 saturated carbocycles. The Morgan fingerprint density at radius 1 is 1.24 bits per heavy atom. The van der Waals surface area contributed by atoms with Gasteiger partial charge in [0.2, 0.25) is 16.0 Å². The minimum Gasteiger partial charge on any atom is -0.355 e. The third-order valence-electron chi connectivity index (χ3n) is 3.96. The summed E-state index contributed by atoms with van der Waals surface area (Å²) in [5, 5.41) is 17.4. The second-order valence-electron chi connectivity index (χ2n) is 5.79. The summed E-state index contributed by atoms with van der Waals surface area (Å²) in [5.74, 6) is 0.897. The first-order valence-corrected chi connectivity index (χ1v) is 9.44. The smallest absolute Gasteiger partial charge is 0.238 e. The van der Waals surface area contributed by atoms with Gasteiger partial charge in [-0.05, 0) is 37.5 Å². The van der Waals surface area contributed by atoms with Crippen LogP contribution in [-0.2, 0) is 10.0 Å². The highest BCUT2D eigenvalue weighted by atomic mass is 32.2. The molecule has 1 aromatic carbocycles. The second-order valence-corrected chi connectivity index (χ2v) is 7.35. The Morgan fingerprint density at radius 3 is 2.68 bits per heavy atom. The fourth-order valence-electron chi connectivity index (χ4n) is 2.74. The summed E-state index contributed by atoms with van der Waals surface area (Å²) >= 11 is 0. The molecule has 8 nitrogen and oxygen atoms in total. The van der Waals surface area contributed by atoms with Crippen LogP contribution in [0.15, 0.2) is 35.4 Å². The van der Waals surface area contributed by atoms with Gasteiger partial charge < -0.3 is 10.2 Å². The van der Waals surface area contributed by atoms with Gasteiger partial charge >= 0.3 is 0 Å². The van der Waals surface area contributed by atoms with Crippen LogP contribution in [-0.4, -0.2) is 31.5 Å². The molecule has 3 rings (SSSR count). The van der Waals surface area contributed by atoms with Gasteiger partial charge in [-0.2, -0.15) is 10.2 Å². The molecule has 1 saturated heterocycles. The maximum atomic E-state index is 11.5. The van der Waals surface area contributed by atoms with Gasteiger partial charge in [-0.3, -0.25) is 0 Å². The van der Waals surface area contributed by atoms with E-state index in [1.807, 2.05) is 0 Å². The fourth-order valence-corrected chi connectivity index (χ4v) is 3.30. The topological polar surface area (TPSA) is 125 Å². The van der Waals surface area contributed by atoms with E-state index in [9.17, 15) is 13.7 Å². The van der Waals surface area contributed by atoms with E-state index in [2.05, 4.69) is 26.3 Å². The Hall–Kier alpha value is -2.70. The number of nitriles is 1. The number of anilines is 3. The first kappa shape index (κ1) is 17.1. The van der Waals surface area contributed by atoms with Crippen LogP contribution < -0.4 is 15.4 Å². The lowest BCUT2D eigenvalue weighted by atomic mass is 10.1. The Bertz CT molecular complexity index is 916. The van der Waals surface area contributed by atoms with Crippen molar-refractivity contribution in [3.8, 4) is 6.07 Å². The van der Waals surface area contributed by atoms with Crippen molar-refractivity contribution in [2.75, 3.05) is 23.3 Å². The molecule has 25 heavy (non-hydrogen) atoms. The highest BCUT2D eigenvalue weighted by Crippen LogP contribution is 2.24. The van der Waals surface area contributed by atoms with Gasteiger partial charge in [-0.15, -0.1) is 0 Å². The Labute approximate surface area is 146 Å². The van der Waals surface area contributed by atoms with E-state index in [0.717, 1.165) is 25.9 Å². The second kappa shape index (κ2) is 7.04. The zero-order valence-electron chi connectivity index (χ0n) is 13.5. The summed E-state index contributed by atoms with van der Waals surface area (Å²) in [7, 11) is -3.79. The summed E-state index contributed by atoms with van der Waals surface area (Å²) in [6.45, 7) is 1.71. The number of nitrogens with two attached hydrogens (primary N) is 1. The van der Waals surface area contributed by atoms with Crippen molar-refractivity contribution in [3.05, 3.63) is 36.0 Å². The zero-order valence-corrected chi connectivity index (χ0v) is 14.3. The molecule has 0 aliphatic carbocycles. The van der Waals surface area contributed by atoms with E-state index in [1.165, 1.54) is 24.8 Å². The molecule has 1 aliphatic rings. The molecule has 0 atom stereocenters. The van der Waals surface area contributed by atoms with E-state index >= 15 is 0 Å². The lowest BCUT2D eigenvalue weighted by Gasteiger charge is -2.28. The lowest BCUT2D eigenvalue weighted by molar-refractivity contribution is 0.573. The molecule has 1 aliphatic heterocycles. The minimum absolute atomic E-state index is 0.00222. The van der Waals surface area contributed by atoms with Gasteiger partial charge in [-0.1, -0.05) is 6.07 Å².